The van der Waals surface area contributed by atoms with E-state index in [-0.39, 0.29) is 29.2 Å². The number of hydrogen-bond acceptors (Lipinski definition) is 5. The zero-order chi connectivity index (χ0) is 24.6. The Balaban J connectivity index is 1.60. The second kappa shape index (κ2) is 9.32. The van der Waals surface area contributed by atoms with Crippen LogP contribution < -0.4 is 15.6 Å². The molecule has 0 spiro atoms. The highest BCUT2D eigenvalue weighted by Gasteiger charge is 2.32. The summed E-state index contributed by atoms with van der Waals surface area (Å²) in [6.45, 7) is 3.80. The summed E-state index contributed by atoms with van der Waals surface area (Å²) in [6, 6.07) is 7.23. The molecule has 2 heterocycles. The molecule has 0 aliphatic heterocycles. The van der Waals surface area contributed by atoms with E-state index in [1.165, 1.54) is 11.7 Å². The van der Waals surface area contributed by atoms with Crippen LogP contribution in [0.3, 0.4) is 0 Å². The molecule has 1 fully saturated rings. The maximum atomic E-state index is 13.0. The Morgan fingerprint density at radius 2 is 2.03 bits per heavy atom. The van der Waals surface area contributed by atoms with Gasteiger partial charge in [0.15, 0.2) is 0 Å². The minimum absolute atomic E-state index is 0.0896. The number of aromatic nitrogens is 3. The molecule has 9 nitrogen and oxygen atoms in total. The molecule has 2 amide bonds. The van der Waals surface area contributed by atoms with Gasteiger partial charge < -0.3 is 19.5 Å². The van der Waals surface area contributed by atoms with Crippen LogP contribution in [-0.4, -0.2) is 51.3 Å². The van der Waals surface area contributed by atoms with E-state index < -0.39 is 5.91 Å². The van der Waals surface area contributed by atoms with Gasteiger partial charge in [-0.05, 0) is 43.4 Å². The highest BCUT2D eigenvalue weighted by atomic mass is 16.5. The van der Waals surface area contributed by atoms with Gasteiger partial charge in [-0.3, -0.25) is 19.1 Å². The molecule has 0 saturated heterocycles. The summed E-state index contributed by atoms with van der Waals surface area (Å²) in [4.78, 5) is 38.9. The largest absolute Gasteiger partial charge is 0.496 e. The summed E-state index contributed by atoms with van der Waals surface area (Å²) < 4.78 is 8.86. The van der Waals surface area contributed by atoms with Crippen molar-refractivity contribution in [2.24, 2.45) is 13.0 Å². The first-order valence-corrected chi connectivity index (χ1v) is 11.5. The molecular weight excluding hydrogens is 434 g/mol. The van der Waals surface area contributed by atoms with E-state index in [4.69, 9.17) is 9.84 Å². The molecule has 1 N–H and O–H groups in total. The number of amides is 2. The molecule has 3 atom stereocenters. The molecule has 1 aromatic carbocycles. The summed E-state index contributed by atoms with van der Waals surface area (Å²) in [5.74, 6) is 0.402. The quantitative estimate of drug-likeness (QED) is 0.624. The zero-order valence-corrected chi connectivity index (χ0v) is 20.2. The predicted octanol–water partition coefficient (Wildman–Crippen LogP) is 3.20. The van der Waals surface area contributed by atoms with Crippen molar-refractivity contribution in [3.05, 3.63) is 52.6 Å². The number of nitrogens with one attached hydrogen (secondary N) is 1. The highest BCUT2D eigenvalue weighted by molar-refractivity contribution is 6.08. The molecule has 4 rings (SSSR count). The number of aryl methyl sites for hydroxylation is 1. The van der Waals surface area contributed by atoms with Crippen molar-refractivity contribution in [2.75, 3.05) is 19.5 Å². The number of fused-ring (bicyclic) bond motifs is 1. The molecule has 34 heavy (non-hydrogen) atoms. The Morgan fingerprint density at radius 1 is 1.26 bits per heavy atom. The number of ether oxygens (including phenoxy) is 1. The standard InChI is InChI=1S/C25H31N5O4/c1-15-11-18(29(4)16(2)31)8-9-22(15)30-14-17-12-19(23(34-5)13-21(17)27-30)24(32)26-20-7-6-10-28(3)25(20)33/h6-7,10,12-15,18,22H,8-9,11H2,1-5H3,(H,26,32)/t15-,18?,22+/m0/s1. The zero-order valence-electron chi connectivity index (χ0n) is 20.2. The van der Waals surface area contributed by atoms with Gasteiger partial charge in [-0.2, -0.15) is 5.10 Å². The van der Waals surface area contributed by atoms with Crippen LogP contribution in [0.25, 0.3) is 10.9 Å². The number of anilines is 1. The first kappa shape index (κ1) is 23.5. The first-order valence-electron chi connectivity index (χ1n) is 11.5. The van der Waals surface area contributed by atoms with E-state index >= 15 is 0 Å². The van der Waals surface area contributed by atoms with E-state index in [1.807, 2.05) is 22.8 Å². The van der Waals surface area contributed by atoms with Crippen LogP contribution in [-0.2, 0) is 11.8 Å². The first-order chi connectivity index (χ1) is 16.2. The maximum absolute atomic E-state index is 13.0. The third kappa shape index (κ3) is 4.42. The fourth-order valence-corrected chi connectivity index (χ4v) is 4.82. The van der Waals surface area contributed by atoms with Crippen LogP contribution in [0.5, 0.6) is 5.75 Å². The summed E-state index contributed by atoms with van der Waals surface area (Å²) in [5, 5.41) is 8.30. The average Bonchev–Trinajstić information content (AvgIpc) is 3.23. The number of benzene rings is 1. The third-order valence-electron chi connectivity index (χ3n) is 6.94. The van der Waals surface area contributed by atoms with Gasteiger partial charge in [0.25, 0.3) is 11.5 Å². The second-order valence-corrected chi connectivity index (χ2v) is 9.15. The molecule has 1 aliphatic rings. The molecule has 0 radical (unpaired) electrons. The fraction of sp³-hybridized carbons (Fsp3) is 0.440. The van der Waals surface area contributed by atoms with Crippen molar-refractivity contribution in [3.63, 3.8) is 0 Å². The minimum Gasteiger partial charge on any atom is -0.496 e. The number of nitrogens with zero attached hydrogens (tertiary/aromatic N) is 4. The minimum atomic E-state index is -0.420. The number of carbonyl (C=O) groups excluding carboxylic acids is 2. The number of carbonyl (C=O) groups is 2. The van der Waals surface area contributed by atoms with Gasteiger partial charge in [0.1, 0.15) is 11.4 Å². The molecule has 9 heteroatoms. The monoisotopic (exact) mass is 465 g/mol. The summed E-state index contributed by atoms with van der Waals surface area (Å²) in [5.41, 5.74) is 0.983. The number of methoxy groups -OCH3 is 1. The van der Waals surface area contributed by atoms with E-state index in [0.717, 1.165) is 30.2 Å². The van der Waals surface area contributed by atoms with Gasteiger partial charge in [0, 0.05) is 50.9 Å². The number of rotatable bonds is 5. The van der Waals surface area contributed by atoms with E-state index in [0.29, 0.717) is 17.2 Å². The lowest BCUT2D eigenvalue weighted by molar-refractivity contribution is -0.130. The van der Waals surface area contributed by atoms with Crippen LogP contribution in [0.2, 0.25) is 0 Å². The molecule has 2 aromatic heterocycles. The predicted molar refractivity (Wildman–Crippen MR) is 130 cm³/mol. The van der Waals surface area contributed by atoms with E-state index in [2.05, 4.69) is 12.2 Å². The Labute approximate surface area is 198 Å². The molecule has 0 bridgehead atoms. The van der Waals surface area contributed by atoms with Crippen molar-refractivity contribution in [2.45, 2.75) is 45.2 Å². The topological polar surface area (TPSA) is 98.5 Å². The van der Waals surface area contributed by atoms with Crippen molar-refractivity contribution in [3.8, 4) is 5.75 Å². The Hall–Kier alpha value is -3.62. The molecule has 1 saturated carbocycles. The normalized spacial score (nSPS) is 20.2. The van der Waals surface area contributed by atoms with Gasteiger partial charge in [-0.15, -0.1) is 0 Å². The SMILES string of the molecule is COc1cc2nn([C@@H]3CCC(N(C)C(C)=O)C[C@@H]3C)cc2cc1C(=O)Nc1cccn(C)c1=O. The second-order valence-electron chi connectivity index (χ2n) is 9.15. The molecule has 1 aliphatic carbocycles. The Bertz CT molecular complexity index is 1290. The number of pyridine rings is 1. The molecule has 180 valence electrons. The van der Waals surface area contributed by atoms with E-state index in [9.17, 15) is 14.4 Å². The summed E-state index contributed by atoms with van der Waals surface area (Å²) in [6.07, 6.45) is 6.35. The molecule has 1 unspecified atom stereocenters. The van der Waals surface area contributed by atoms with Gasteiger partial charge in [-0.25, -0.2) is 0 Å². The fourth-order valence-electron chi connectivity index (χ4n) is 4.82. The van der Waals surface area contributed by atoms with Crippen LogP contribution in [0.15, 0.2) is 41.5 Å². The van der Waals surface area contributed by atoms with Crippen LogP contribution >= 0.6 is 0 Å². The van der Waals surface area contributed by atoms with Crippen LogP contribution in [0.1, 0.15) is 49.5 Å². The molecule has 3 aromatic rings. The molecular formula is C25H31N5O4. The number of hydrogen-bond donors (Lipinski definition) is 1. The lowest BCUT2D eigenvalue weighted by Gasteiger charge is -2.38. The van der Waals surface area contributed by atoms with Crippen molar-refractivity contribution < 1.29 is 14.3 Å². The van der Waals surface area contributed by atoms with Gasteiger partial charge in [0.05, 0.1) is 24.2 Å². The van der Waals surface area contributed by atoms with E-state index in [1.54, 1.807) is 44.4 Å². The van der Waals surface area contributed by atoms with Gasteiger partial charge in [-0.1, -0.05) is 6.92 Å². The van der Waals surface area contributed by atoms with Gasteiger partial charge in [0.2, 0.25) is 5.91 Å². The lowest BCUT2D eigenvalue weighted by atomic mass is 9.82. The van der Waals surface area contributed by atoms with Crippen LogP contribution in [0, 0.1) is 5.92 Å². The van der Waals surface area contributed by atoms with Crippen molar-refractivity contribution >= 4 is 28.4 Å². The Morgan fingerprint density at radius 3 is 2.71 bits per heavy atom. The maximum Gasteiger partial charge on any atom is 0.274 e. The Kier molecular flexibility index (Phi) is 6.45. The summed E-state index contributed by atoms with van der Waals surface area (Å²) >= 11 is 0. The van der Waals surface area contributed by atoms with Gasteiger partial charge >= 0.3 is 0 Å². The highest BCUT2D eigenvalue weighted by Crippen LogP contribution is 2.36. The summed E-state index contributed by atoms with van der Waals surface area (Å²) in [7, 11) is 5.00. The smallest absolute Gasteiger partial charge is 0.274 e. The van der Waals surface area contributed by atoms with Crippen molar-refractivity contribution in [1.29, 1.82) is 0 Å². The third-order valence-corrected chi connectivity index (χ3v) is 6.94. The van der Waals surface area contributed by atoms with Crippen molar-refractivity contribution in [1.82, 2.24) is 19.2 Å². The lowest BCUT2D eigenvalue weighted by Crippen LogP contribution is -2.41. The average molecular weight is 466 g/mol. The van der Waals surface area contributed by atoms with Crippen LogP contribution in [0.4, 0.5) is 5.69 Å².